The van der Waals surface area contributed by atoms with Gasteiger partial charge in [-0.2, -0.15) is 0 Å². The topological polar surface area (TPSA) is 24.1 Å². The lowest BCUT2D eigenvalue weighted by molar-refractivity contribution is 1.47. The van der Waals surface area contributed by atoms with E-state index in [9.17, 15) is 0 Å². The lowest BCUT2D eigenvalue weighted by atomic mass is 10.2. The van der Waals surface area contributed by atoms with E-state index >= 15 is 0 Å². The number of aryl methyl sites for hydroxylation is 2. The van der Waals surface area contributed by atoms with Gasteiger partial charge in [0.2, 0.25) is 0 Å². The average molecular weight is 300 g/mol. The van der Waals surface area contributed by atoms with Gasteiger partial charge in [-0.05, 0) is 38.1 Å². The number of nitrogens with one attached hydrogen (secondary N) is 2. The minimum Gasteiger partial charge on any atom is -0.344 e. The zero-order valence-corrected chi connectivity index (χ0v) is 13.1. The van der Waals surface area contributed by atoms with E-state index < -0.39 is 0 Å². The van der Waals surface area contributed by atoms with Crippen molar-refractivity contribution in [1.29, 1.82) is 0 Å². The smallest absolute Gasteiger partial charge is 0.138 e. The molecule has 4 heteroatoms. The van der Waals surface area contributed by atoms with E-state index in [2.05, 4.69) is 10.6 Å². The predicted molar refractivity (Wildman–Crippen MR) is 94.8 cm³/mol. The van der Waals surface area contributed by atoms with Crippen molar-refractivity contribution in [1.82, 2.24) is 0 Å². The predicted octanol–water partition coefficient (Wildman–Crippen LogP) is 4.48. The lowest BCUT2D eigenvalue weighted by Gasteiger charge is -2.11. The number of hydrogen-bond donors (Lipinski definition) is 2. The van der Waals surface area contributed by atoms with Gasteiger partial charge in [-0.15, -0.1) is 0 Å². The van der Waals surface area contributed by atoms with E-state index in [-0.39, 0.29) is 0 Å². The highest BCUT2D eigenvalue weighted by atomic mass is 32.1. The summed E-state index contributed by atoms with van der Waals surface area (Å²) in [6.07, 6.45) is 0. The van der Waals surface area contributed by atoms with Crippen molar-refractivity contribution >= 4 is 45.8 Å². The maximum atomic E-state index is 5.30. The molecule has 0 atom stereocenters. The van der Waals surface area contributed by atoms with Crippen LogP contribution in [0.2, 0.25) is 0 Å². The normalized spacial score (nSPS) is 9.90. The third kappa shape index (κ3) is 4.11. The monoisotopic (exact) mass is 300 g/mol. The largest absolute Gasteiger partial charge is 0.344 e. The van der Waals surface area contributed by atoms with Gasteiger partial charge in [-0.1, -0.05) is 59.8 Å². The van der Waals surface area contributed by atoms with Gasteiger partial charge in [0.25, 0.3) is 0 Å². The third-order valence-electron chi connectivity index (χ3n) is 2.83. The molecule has 0 saturated carbocycles. The van der Waals surface area contributed by atoms with Crippen LogP contribution in [0.4, 0.5) is 11.4 Å². The second-order valence-corrected chi connectivity index (χ2v) is 5.46. The summed E-state index contributed by atoms with van der Waals surface area (Å²) in [7, 11) is 0. The zero-order chi connectivity index (χ0) is 14.5. The third-order valence-corrected chi connectivity index (χ3v) is 3.57. The Kier molecular flexibility index (Phi) is 4.82. The quantitative estimate of drug-likeness (QED) is 0.798. The van der Waals surface area contributed by atoms with Crippen LogP contribution in [0.3, 0.4) is 0 Å². The Bertz CT molecular complexity index is 558. The standard InChI is InChI=1S/C16H16N2S2/c1-11-3-7-13(8-4-11)17-15(19)16(20)18-14-9-5-12(2)6-10-14/h3-10H,1-2H3,(H,17,19)(H,18,20). The summed E-state index contributed by atoms with van der Waals surface area (Å²) >= 11 is 10.6. The molecule has 0 spiro atoms. The molecule has 2 N–H and O–H groups in total. The SMILES string of the molecule is Cc1ccc(NC(=S)C(=S)Nc2ccc(C)cc2)cc1. The summed E-state index contributed by atoms with van der Waals surface area (Å²) in [5.41, 5.74) is 4.30. The fraction of sp³-hybridized carbons (Fsp3) is 0.125. The highest BCUT2D eigenvalue weighted by Crippen LogP contribution is 2.11. The van der Waals surface area contributed by atoms with Crippen molar-refractivity contribution in [2.75, 3.05) is 10.6 Å². The van der Waals surface area contributed by atoms with Crippen molar-refractivity contribution in [2.45, 2.75) is 13.8 Å². The summed E-state index contributed by atoms with van der Waals surface area (Å²) in [4.78, 5) is 1.04. The molecular weight excluding hydrogens is 284 g/mol. The molecule has 0 bridgehead atoms. The maximum absolute atomic E-state index is 5.30. The zero-order valence-electron chi connectivity index (χ0n) is 11.4. The second-order valence-electron chi connectivity index (χ2n) is 4.64. The molecule has 20 heavy (non-hydrogen) atoms. The second kappa shape index (κ2) is 6.59. The minimum atomic E-state index is 0.518. The van der Waals surface area contributed by atoms with Crippen LogP contribution in [0.25, 0.3) is 0 Å². The average Bonchev–Trinajstić information content (AvgIpc) is 2.44. The van der Waals surface area contributed by atoms with Gasteiger partial charge in [-0.25, -0.2) is 0 Å². The Morgan fingerprint density at radius 1 is 0.650 bits per heavy atom. The van der Waals surface area contributed by atoms with Crippen molar-refractivity contribution in [3.63, 3.8) is 0 Å². The van der Waals surface area contributed by atoms with E-state index in [1.54, 1.807) is 0 Å². The van der Waals surface area contributed by atoms with Crippen molar-refractivity contribution < 1.29 is 0 Å². The molecule has 0 unspecified atom stereocenters. The molecule has 0 radical (unpaired) electrons. The lowest BCUT2D eigenvalue weighted by Crippen LogP contribution is -2.25. The van der Waals surface area contributed by atoms with Crippen LogP contribution < -0.4 is 10.6 Å². The Morgan fingerprint density at radius 2 is 0.950 bits per heavy atom. The van der Waals surface area contributed by atoms with E-state index in [1.165, 1.54) is 11.1 Å². The first-order valence-electron chi connectivity index (χ1n) is 6.30. The van der Waals surface area contributed by atoms with Crippen LogP contribution >= 0.6 is 24.4 Å². The number of thiocarbonyl (C=S) groups is 2. The summed E-state index contributed by atoms with van der Waals surface area (Å²) in [6, 6.07) is 16.0. The van der Waals surface area contributed by atoms with E-state index in [1.807, 2.05) is 62.4 Å². The first kappa shape index (κ1) is 14.6. The van der Waals surface area contributed by atoms with Gasteiger partial charge in [0.05, 0.1) is 0 Å². The molecule has 0 saturated heterocycles. The molecule has 0 aromatic heterocycles. The van der Waals surface area contributed by atoms with Gasteiger partial charge >= 0.3 is 0 Å². The first-order chi connectivity index (χ1) is 9.54. The van der Waals surface area contributed by atoms with E-state index in [4.69, 9.17) is 24.4 Å². The number of benzene rings is 2. The number of hydrogen-bond acceptors (Lipinski definition) is 2. The van der Waals surface area contributed by atoms with Gasteiger partial charge < -0.3 is 10.6 Å². The van der Waals surface area contributed by atoms with Crippen LogP contribution in [0.15, 0.2) is 48.5 Å². The Balaban J connectivity index is 1.96. The summed E-state index contributed by atoms with van der Waals surface area (Å²) < 4.78 is 0. The fourth-order valence-electron chi connectivity index (χ4n) is 1.65. The molecule has 0 amide bonds. The van der Waals surface area contributed by atoms with E-state index in [0.29, 0.717) is 9.98 Å². The van der Waals surface area contributed by atoms with Crippen LogP contribution in [-0.2, 0) is 0 Å². The van der Waals surface area contributed by atoms with Crippen LogP contribution in [0, 0.1) is 13.8 Å². The Labute approximate surface area is 130 Å². The Morgan fingerprint density at radius 3 is 1.25 bits per heavy atom. The number of anilines is 2. The molecule has 2 nitrogen and oxygen atoms in total. The molecule has 0 aliphatic rings. The van der Waals surface area contributed by atoms with Crippen LogP contribution in [0.1, 0.15) is 11.1 Å². The van der Waals surface area contributed by atoms with Crippen molar-refractivity contribution in [3.05, 3.63) is 59.7 Å². The first-order valence-corrected chi connectivity index (χ1v) is 7.12. The maximum Gasteiger partial charge on any atom is 0.138 e. The molecule has 2 aromatic rings. The Hall–Kier alpha value is -1.78. The molecule has 0 fully saturated rings. The van der Waals surface area contributed by atoms with Gasteiger partial charge in [0.15, 0.2) is 0 Å². The molecule has 2 aromatic carbocycles. The van der Waals surface area contributed by atoms with Gasteiger partial charge in [0.1, 0.15) is 9.98 Å². The summed E-state index contributed by atoms with van der Waals surface area (Å²) in [5.74, 6) is 0. The van der Waals surface area contributed by atoms with Crippen molar-refractivity contribution in [2.24, 2.45) is 0 Å². The summed E-state index contributed by atoms with van der Waals surface area (Å²) in [6.45, 7) is 4.09. The van der Waals surface area contributed by atoms with Gasteiger partial charge in [-0.3, -0.25) is 0 Å². The fourth-order valence-corrected chi connectivity index (χ4v) is 1.99. The number of rotatable bonds is 2. The molecule has 0 aliphatic heterocycles. The van der Waals surface area contributed by atoms with Gasteiger partial charge in [0, 0.05) is 11.4 Å². The molecule has 0 heterocycles. The highest BCUT2D eigenvalue weighted by molar-refractivity contribution is 7.89. The van der Waals surface area contributed by atoms with Crippen LogP contribution in [0.5, 0.6) is 0 Å². The van der Waals surface area contributed by atoms with E-state index in [0.717, 1.165) is 11.4 Å². The summed E-state index contributed by atoms with van der Waals surface area (Å²) in [5, 5.41) is 6.26. The molecule has 2 rings (SSSR count). The molecular formula is C16H16N2S2. The van der Waals surface area contributed by atoms with Crippen LogP contribution in [-0.4, -0.2) is 9.98 Å². The van der Waals surface area contributed by atoms with Crippen molar-refractivity contribution in [3.8, 4) is 0 Å². The molecule has 0 aliphatic carbocycles. The molecule has 102 valence electrons. The minimum absolute atomic E-state index is 0.518. The highest BCUT2D eigenvalue weighted by Gasteiger charge is 2.05.